The summed E-state index contributed by atoms with van der Waals surface area (Å²) in [4.78, 5) is 0. The van der Waals surface area contributed by atoms with Gasteiger partial charge in [-0.2, -0.15) is 0 Å². The van der Waals surface area contributed by atoms with Crippen molar-refractivity contribution in [3.63, 3.8) is 0 Å². The first kappa shape index (κ1) is 14.8. The molecule has 0 radical (unpaired) electrons. The van der Waals surface area contributed by atoms with E-state index in [9.17, 15) is 13.5 Å². The molecule has 3 nitrogen and oxygen atoms in total. The Morgan fingerprint density at radius 3 is 2.74 bits per heavy atom. The highest BCUT2D eigenvalue weighted by Gasteiger charge is 2.32. The minimum Gasteiger partial charge on any atom is -0.388 e. The van der Waals surface area contributed by atoms with Crippen molar-refractivity contribution in [2.75, 3.05) is 6.26 Å². The summed E-state index contributed by atoms with van der Waals surface area (Å²) in [6, 6.07) is 7.15. The molecule has 1 aromatic carbocycles. The van der Waals surface area contributed by atoms with Crippen molar-refractivity contribution >= 4 is 21.4 Å². The van der Waals surface area contributed by atoms with Crippen molar-refractivity contribution in [3.8, 4) is 0 Å². The van der Waals surface area contributed by atoms with Crippen molar-refractivity contribution in [2.45, 2.75) is 37.0 Å². The zero-order valence-electron chi connectivity index (χ0n) is 10.9. The number of rotatable bonds is 3. The highest BCUT2D eigenvalue weighted by atomic mass is 35.5. The molecule has 1 aromatic rings. The lowest BCUT2D eigenvalue weighted by atomic mass is 9.82. The molecule has 0 spiro atoms. The summed E-state index contributed by atoms with van der Waals surface area (Å²) in [6.45, 7) is 0. The SMILES string of the molecule is CS(=O)(=O)C1CCCC(C(O)c2cccc(Cl)c2)C1. The van der Waals surface area contributed by atoms with E-state index in [2.05, 4.69) is 0 Å². The minimum atomic E-state index is -3.02. The molecule has 0 saturated heterocycles. The Labute approximate surface area is 119 Å². The zero-order valence-corrected chi connectivity index (χ0v) is 12.5. The Balaban J connectivity index is 2.13. The van der Waals surface area contributed by atoms with Crippen LogP contribution in [0.1, 0.15) is 37.4 Å². The van der Waals surface area contributed by atoms with Crippen molar-refractivity contribution in [2.24, 2.45) is 5.92 Å². The molecule has 3 unspecified atom stereocenters. The van der Waals surface area contributed by atoms with Gasteiger partial charge in [-0.1, -0.05) is 30.2 Å². The van der Waals surface area contributed by atoms with Gasteiger partial charge in [-0.15, -0.1) is 0 Å². The number of halogens is 1. The number of hydrogen-bond acceptors (Lipinski definition) is 3. The molecule has 0 aromatic heterocycles. The standard InChI is InChI=1S/C14H19ClO3S/c1-19(17,18)13-7-3-5-11(9-13)14(16)10-4-2-6-12(15)8-10/h2,4,6,8,11,13-14,16H,3,5,7,9H2,1H3. The predicted molar refractivity (Wildman–Crippen MR) is 77.0 cm³/mol. The van der Waals surface area contributed by atoms with Crippen LogP contribution in [0.5, 0.6) is 0 Å². The first-order valence-corrected chi connectivity index (χ1v) is 8.83. The van der Waals surface area contributed by atoms with E-state index in [1.165, 1.54) is 6.26 Å². The fraction of sp³-hybridized carbons (Fsp3) is 0.571. The van der Waals surface area contributed by atoms with E-state index in [1.54, 1.807) is 18.2 Å². The lowest BCUT2D eigenvalue weighted by molar-refractivity contribution is 0.0857. The predicted octanol–water partition coefficient (Wildman–Crippen LogP) is 2.98. The van der Waals surface area contributed by atoms with Gasteiger partial charge < -0.3 is 5.11 Å². The molecular formula is C14H19ClO3S. The van der Waals surface area contributed by atoms with Crippen LogP contribution in [0.4, 0.5) is 0 Å². The Morgan fingerprint density at radius 1 is 1.37 bits per heavy atom. The van der Waals surface area contributed by atoms with Crippen LogP contribution < -0.4 is 0 Å². The van der Waals surface area contributed by atoms with Gasteiger partial charge in [-0.25, -0.2) is 8.42 Å². The molecule has 0 aliphatic heterocycles. The van der Waals surface area contributed by atoms with Crippen molar-refractivity contribution in [1.82, 2.24) is 0 Å². The average Bonchev–Trinajstić information content (AvgIpc) is 2.37. The Morgan fingerprint density at radius 2 is 2.11 bits per heavy atom. The largest absolute Gasteiger partial charge is 0.388 e. The summed E-state index contributed by atoms with van der Waals surface area (Å²) < 4.78 is 23.3. The molecule has 19 heavy (non-hydrogen) atoms. The second-order valence-corrected chi connectivity index (χ2v) is 8.14. The Kier molecular flexibility index (Phi) is 4.54. The zero-order chi connectivity index (χ0) is 14.0. The first-order chi connectivity index (χ1) is 8.88. The highest BCUT2D eigenvalue weighted by molar-refractivity contribution is 7.91. The number of aliphatic hydroxyl groups is 1. The van der Waals surface area contributed by atoms with Crippen molar-refractivity contribution in [1.29, 1.82) is 0 Å². The summed E-state index contributed by atoms with van der Waals surface area (Å²) in [7, 11) is -3.02. The van der Waals surface area contributed by atoms with E-state index in [4.69, 9.17) is 11.6 Å². The number of hydrogen-bond donors (Lipinski definition) is 1. The highest BCUT2D eigenvalue weighted by Crippen LogP contribution is 2.37. The summed E-state index contributed by atoms with van der Waals surface area (Å²) in [5.74, 6) is -0.00746. The quantitative estimate of drug-likeness (QED) is 0.934. The van der Waals surface area contributed by atoms with E-state index in [0.29, 0.717) is 17.9 Å². The van der Waals surface area contributed by atoms with E-state index in [0.717, 1.165) is 18.4 Å². The molecule has 2 rings (SSSR count). The monoisotopic (exact) mass is 302 g/mol. The van der Waals surface area contributed by atoms with E-state index >= 15 is 0 Å². The second kappa shape index (κ2) is 5.81. The van der Waals surface area contributed by atoms with Crippen LogP contribution in [0, 0.1) is 5.92 Å². The van der Waals surface area contributed by atoms with Gasteiger partial charge >= 0.3 is 0 Å². The second-order valence-electron chi connectivity index (χ2n) is 5.38. The smallest absolute Gasteiger partial charge is 0.150 e. The fourth-order valence-corrected chi connectivity index (χ4v) is 4.21. The molecule has 0 bridgehead atoms. The molecule has 1 aliphatic carbocycles. The van der Waals surface area contributed by atoms with Gasteiger partial charge in [0.1, 0.15) is 9.84 Å². The molecule has 106 valence electrons. The van der Waals surface area contributed by atoms with Gasteiger partial charge in [0.25, 0.3) is 0 Å². The van der Waals surface area contributed by atoms with Crippen LogP contribution in [-0.4, -0.2) is 25.0 Å². The molecule has 3 atom stereocenters. The fourth-order valence-electron chi connectivity index (χ4n) is 2.82. The van der Waals surface area contributed by atoms with Crippen molar-refractivity contribution < 1.29 is 13.5 Å². The van der Waals surface area contributed by atoms with Gasteiger partial charge in [0.2, 0.25) is 0 Å². The van der Waals surface area contributed by atoms with Gasteiger partial charge in [0, 0.05) is 11.3 Å². The van der Waals surface area contributed by atoms with Gasteiger partial charge in [-0.05, 0) is 42.9 Å². The Hall–Kier alpha value is -0.580. The van der Waals surface area contributed by atoms with Crippen LogP contribution in [0.15, 0.2) is 24.3 Å². The molecule has 1 N–H and O–H groups in total. The molecule has 5 heteroatoms. The number of benzene rings is 1. The van der Waals surface area contributed by atoms with Crippen LogP contribution in [0.3, 0.4) is 0 Å². The summed E-state index contributed by atoms with van der Waals surface area (Å²) in [6.07, 6.45) is 3.60. The van der Waals surface area contributed by atoms with Crippen LogP contribution in [0.25, 0.3) is 0 Å². The molecule has 1 fully saturated rings. The van der Waals surface area contributed by atoms with Crippen molar-refractivity contribution in [3.05, 3.63) is 34.9 Å². The number of sulfone groups is 1. The van der Waals surface area contributed by atoms with Crippen LogP contribution in [0.2, 0.25) is 5.02 Å². The van der Waals surface area contributed by atoms with E-state index in [1.807, 2.05) is 6.07 Å². The molecular weight excluding hydrogens is 284 g/mol. The average molecular weight is 303 g/mol. The molecule has 0 amide bonds. The third kappa shape index (κ3) is 3.71. The normalized spacial score (nSPS) is 26.1. The topological polar surface area (TPSA) is 54.4 Å². The maximum Gasteiger partial charge on any atom is 0.150 e. The van der Waals surface area contributed by atoms with Gasteiger partial charge in [0.15, 0.2) is 0 Å². The summed E-state index contributed by atoms with van der Waals surface area (Å²) in [5.41, 5.74) is 0.770. The maximum absolute atomic E-state index is 11.6. The third-order valence-electron chi connectivity index (χ3n) is 3.91. The maximum atomic E-state index is 11.6. The van der Waals surface area contributed by atoms with Gasteiger partial charge in [0.05, 0.1) is 11.4 Å². The van der Waals surface area contributed by atoms with Gasteiger partial charge in [-0.3, -0.25) is 0 Å². The minimum absolute atomic E-state index is 0.00746. The van der Waals surface area contributed by atoms with E-state index in [-0.39, 0.29) is 11.2 Å². The summed E-state index contributed by atoms with van der Waals surface area (Å²) in [5, 5.41) is 10.7. The molecule has 1 aliphatic rings. The van der Waals surface area contributed by atoms with E-state index < -0.39 is 15.9 Å². The summed E-state index contributed by atoms with van der Waals surface area (Å²) >= 11 is 5.92. The lowest BCUT2D eigenvalue weighted by Gasteiger charge is -2.31. The third-order valence-corrected chi connectivity index (χ3v) is 5.78. The Bertz CT molecular complexity index is 541. The van der Waals surface area contributed by atoms with Crippen LogP contribution in [-0.2, 0) is 9.84 Å². The molecule has 1 saturated carbocycles. The molecule has 0 heterocycles. The number of aliphatic hydroxyl groups excluding tert-OH is 1. The van der Waals surface area contributed by atoms with Crippen LogP contribution >= 0.6 is 11.6 Å². The first-order valence-electron chi connectivity index (χ1n) is 6.50. The lowest BCUT2D eigenvalue weighted by Crippen LogP contribution is -2.30.